The molecule has 14 heavy (non-hydrogen) atoms. The number of rotatable bonds is 2. The van der Waals surface area contributed by atoms with Crippen LogP contribution in [0.5, 0.6) is 0 Å². The molecule has 1 atom stereocenters. The van der Waals surface area contributed by atoms with E-state index < -0.39 is 5.97 Å². The molecule has 0 amide bonds. The van der Waals surface area contributed by atoms with Crippen molar-refractivity contribution >= 4 is 11.8 Å². The lowest BCUT2D eigenvalue weighted by Gasteiger charge is -2.03. The molecule has 0 aliphatic carbocycles. The van der Waals surface area contributed by atoms with Gasteiger partial charge in [0.15, 0.2) is 11.6 Å². The molecule has 0 bridgehead atoms. The summed E-state index contributed by atoms with van der Waals surface area (Å²) in [4.78, 5) is 10.9. The second-order valence-corrected chi connectivity index (χ2v) is 3.30. The maximum Gasteiger partial charge on any atom is 0.343 e. The molecule has 0 radical (unpaired) electrons. The van der Waals surface area contributed by atoms with Gasteiger partial charge in [0, 0.05) is 12.5 Å². The van der Waals surface area contributed by atoms with Crippen molar-refractivity contribution in [1.82, 2.24) is 10.5 Å². The molecule has 2 rings (SSSR count). The molecule has 2 heterocycles. The summed E-state index contributed by atoms with van der Waals surface area (Å²) in [6.07, 6.45) is 0.856. The third-order valence-electron chi connectivity index (χ3n) is 2.39. The lowest BCUT2D eigenvalue weighted by molar-refractivity contribution is 0.0694. The van der Waals surface area contributed by atoms with Crippen LogP contribution < -0.4 is 11.1 Å². The highest BCUT2D eigenvalue weighted by atomic mass is 16.5. The van der Waals surface area contributed by atoms with Gasteiger partial charge in [-0.1, -0.05) is 5.16 Å². The predicted molar refractivity (Wildman–Crippen MR) is 48.1 cm³/mol. The molecule has 0 spiro atoms. The summed E-state index contributed by atoms with van der Waals surface area (Å²) >= 11 is 0. The van der Waals surface area contributed by atoms with E-state index in [0.29, 0.717) is 5.76 Å². The van der Waals surface area contributed by atoms with Crippen LogP contribution in [-0.4, -0.2) is 29.3 Å². The molecule has 1 saturated heterocycles. The SMILES string of the molecule is Nc1noc(C2CCNC2)c1C(=O)O. The Morgan fingerprint density at radius 1 is 1.71 bits per heavy atom. The smallest absolute Gasteiger partial charge is 0.343 e. The van der Waals surface area contributed by atoms with E-state index >= 15 is 0 Å². The molecule has 1 aromatic heterocycles. The van der Waals surface area contributed by atoms with Crippen molar-refractivity contribution in [2.45, 2.75) is 12.3 Å². The summed E-state index contributed by atoms with van der Waals surface area (Å²) in [5.74, 6) is -0.657. The maximum atomic E-state index is 10.9. The van der Waals surface area contributed by atoms with Crippen LogP contribution in [0.15, 0.2) is 4.52 Å². The number of hydrogen-bond acceptors (Lipinski definition) is 5. The first-order valence-electron chi connectivity index (χ1n) is 4.39. The van der Waals surface area contributed by atoms with Crippen molar-refractivity contribution in [3.05, 3.63) is 11.3 Å². The Morgan fingerprint density at radius 2 is 2.50 bits per heavy atom. The largest absolute Gasteiger partial charge is 0.477 e. The first kappa shape index (κ1) is 9.01. The Bertz CT molecular complexity index is 355. The van der Waals surface area contributed by atoms with E-state index in [1.807, 2.05) is 0 Å². The number of nitrogens with one attached hydrogen (secondary N) is 1. The molecule has 0 aromatic carbocycles. The molecular weight excluding hydrogens is 186 g/mol. The van der Waals surface area contributed by atoms with E-state index in [4.69, 9.17) is 15.4 Å². The standard InChI is InChI=1S/C8H11N3O3/c9-7-5(8(12)13)6(14-11-7)4-1-2-10-3-4/h4,10H,1-3H2,(H2,9,11)(H,12,13). The summed E-state index contributed by atoms with van der Waals surface area (Å²) in [6, 6.07) is 0. The third-order valence-corrected chi connectivity index (χ3v) is 2.39. The van der Waals surface area contributed by atoms with Gasteiger partial charge in [0.2, 0.25) is 0 Å². The van der Waals surface area contributed by atoms with Gasteiger partial charge in [-0.25, -0.2) is 4.79 Å². The van der Waals surface area contributed by atoms with Gasteiger partial charge in [-0.2, -0.15) is 0 Å². The quantitative estimate of drug-likeness (QED) is 0.618. The summed E-state index contributed by atoms with van der Waals surface area (Å²) in [5, 5.41) is 15.5. The highest BCUT2D eigenvalue weighted by Crippen LogP contribution is 2.28. The number of nitrogens with two attached hydrogens (primary N) is 1. The molecule has 4 N–H and O–H groups in total. The van der Waals surface area contributed by atoms with E-state index in [1.54, 1.807) is 0 Å². The highest BCUT2D eigenvalue weighted by molar-refractivity contribution is 5.93. The van der Waals surface area contributed by atoms with Crippen LogP contribution in [0.4, 0.5) is 5.82 Å². The molecular formula is C8H11N3O3. The highest BCUT2D eigenvalue weighted by Gasteiger charge is 2.29. The summed E-state index contributed by atoms with van der Waals surface area (Å²) in [6.45, 7) is 1.58. The minimum Gasteiger partial charge on any atom is -0.477 e. The number of aromatic nitrogens is 1. The topological polar surface area (TPSA) is 101 Å². The Hall–Kier alpha value is -1.56. The Labute approximate surface area is 80.1 Å². The van der Waals surface area contributed by atoms with E-state index in [9.17, 15) is 4.79 Å². The normalized spacial score (nSPS) is 21.3. The number of aromatic carboxylic acids is 1. The van der Waals surface area contributed by atoms with Gasteiger partial charge in [-0.3, -0.25) is 0 Å². The molecule has 1 aliphatic heterocycles. The number of anilines is 1. The Balaban J connectivity index is 2.37. The first-order chi connectivity index (χ1) is 6.70. The molecule has 76 valence electrons. The summed E-state index contributed by atoms with van der Waals surface area (Å²) in [5.41, 5.74) is 5.42. The lowest BCUT2D eigenvalue weighted by Crippen LogP contribution is -2.10. The molecule has 1 unspecified atom stereocenters. The van der Waals surface area contributed by atoms with Crippen molar-refractivity contribution in [3.8, 4) is 0 Å². The lowest BCUT2D eigenvalue weighted by atomic mass is 10.0. The summed E-state index contributed by atoms with van der Waals surface area (Å²) < 4.78 is 4.94. The average molecular weight is 197 g/mol. The monoisotopic (exact) mass is 197 g/mol. The van der Waals surface area contributed by atoms with Gasteiger partial charge in [-0.05, 0) is 13.0 Å². The third kappa shape index (κ3) is 1.33. The zero-order chi connectivity index (χ0) is 10.1. The minimum absolute atomic E-state index is 0.0127. The number of nitrogen functional groups attached to an aromatic ring is 1. The van der Waals surface area contributed by atoms with Gasteiger partial charge in [0.1, 0.15) is 5.56 Å². The molecule has 0 saturated carbocycles. The summed E-state index contributed by atoms with van der Waals surface area (Å²) in [7, 11) is 0. The second kappa shape index (κ2) is 3.30. The Kier molecular flexibility index (Phi) is 2.12. The number of carboxylic acids is 1. The fraction of sp³-hybridized carbons (Fsp3) is 0.500. The molecule has 6 heteroatoms. The van der Waals surface area contributed by atoms with E-state index in [2.05, 4.69) is 10.5 Å². The van der Waals surface area contributed by atoms with Gasteiger partial charge in [0.05, 0.1) is 0 Å². The van der Waals surface area contributed by atoms with Crippen LogP contribution in [0.25, 0.3) is 0 Å². The zero-order valence-corrected chi connectivity index (χ0v) is 7.49. The van der Waals surface area contributed by atoms with Crippen LogP contribution in [0.1, 0.15) is 28.5 Å². The van der Waals surface area contributed by atoms with Crippen molar-refractivity contribution in [2.75, 3.05) is 18.8 Å². The van der Waals surface area contributed by atoms with Crippen molar-refractivity contribution in [1.29, 1.82) is 0 Å². The number of hydrogen-bond donors (Lipinski definition) is 3. The molecule has 1 fully saturated rings. The molecule has 6 nitrogen and oxygen atoms in total. The van der Waals surface area contributed by atoms with Crippen LogP contribution in [0.3, 0.4) is 0 Å². The Morgan fingerprint density at radius 3 is 3.07 bits per heavy atom. The van der Waals surface area contributed by atoms with Crippen molar-refractivity contribution in [2.24, 2.45) is 0 Å². The van der Waals surface area contributed by atoms with Gasteiger partial charge in [-0.15, -0.1) is 0 Å². The predicted octanol–water partition coefficient (Wildman–Crippen LogP) is 0.0319. The van der Waals surface area contributed by atoms with E-state index in [0.717, 1.165) is 19.5 Å². The second-order valence-electron chi connectivity index (χ2n) is 3.30. The van der Waals surface area contributed by atoms with Crippen molar-refractivity contribution < 1.29 is 14.4 Å². The number of carboxylic acid groups (broad SMARTS) is 1. The average Bonchev–Trinajstić information content (AvgIpc) is 2.70. The number of carbonyl (C=O) groups is 1. The molecule has 1 aromatic rings. The van der Waals surface area contributed by atoms with E-state index in [1.165, 1.54) is 0 Å². The fourth-order valence-electron chi connectivity index (χ4n) is 1.69. The van der Waals surface area contributed by atoms with Crippen LogP contribution in [0.2, 0.25) is 0 Å². The van der Waals surface area contributed by atoms with Crippen molar-refractivity contribution in [3.63, 3.8) is 0 Å². The van der Waals surface area contributed by atoms with Gasteiger partial charge in [0.25, 0.3) is 0 Å². The van der Waals surface area contributed by atoms with Gasteiger partial charge >= 0.3 is 5.97 Å². The minimum atomic E-state index is -1.08. The van der Waals surface area contributed by atoms with Crippen LogP contribution >= 0.6 is 0 Å². The zero-order valence-electron chi connectivity index (χ0n) is 7.49. The van der Waals surface area contributed by atoms with Gasteiger partial charge < -0.3 is 20.7 Å². The fourth-order valence-corrected chi connectivity index (χ4v) is 1.69. The van der Waals surface area contributed by atoms with E-state index in [-0.39, 0.29) is 17.3 Å². The van der Waals surface area contributed by atoms with Crippen LogP contribution in [0, 0.1) is 0 Å². The van der Waals surface area contributed by atoms with Crippen LogP contribution in [-0.2, 0) is 0 Å². The maximum absolute atomic E-state index is 10.9. The molecule has 1 aliphatic rings. The number of nitrogens with zero attached hydrogens (tertiary/aromatic N) is 1. The first-order valence-corrected chi connectivity index (χ1v) is 4.39.